The minimum atomic E-state index is 0.728. The second-order valence-electron chi connectivity index (χ2n) is 6.16. The van der Waals surface area contributed by atoms with Gasteiger partial charge in [-0.1, -0.05) is 29.8 Å². The summed E-state index contributed by atoms with van der Waals surface area (Å²) in [5.74, 6) is 0. The van der Waals surface area contributed by atoms with Crippen molar-refractivity contribution in [2.75, 3.05) is 20.3 Å². The van der Waals surface area contributed by atoms with Crippen molar-refractivity contribution in [3.63, 3.8) is 0 Å². The molecule has 0 bridgehead atoms. The van der Waals surface area contributed by atoms with Gasteiger partial charge in [0.05, 0.1) is 17.6 Å². The summed E-state index contributed by atoms with van der Waals surface area (Å²) in [5, 5.41) is 8.10. The Morgan fingerprint density at radius 2 is 1.96 bits per heavy atom. The largest absolute Gasteiger partial charge is 0.385 e. The summed E-state index contributed by atoms with van der Waals surface area (Å²) < 4.78 is 5.21. The highest BCUT2D eigenvalue weighted by Gasteiger charge is 2.13. The van der Waals surface area contributed by atoms with Crippen LogP contribution in [0.2, 0.25) is 5.02 Å². The second-order valence-corrected chi connectivity index (χ2v) is 6.59. The Morgan fingerprint density at radius 1 is 1.12 bits per heavy atom. The third-order valence-electron chi connectivity index (χ3n) is 4.18. The lowest BCUT2D eigenvalue weighted by atomic mass is 10.1. The lowest BCUT2D eigenvalue weighted by Crippen LogP contribution is -2.25. The van der Waals surface area contributed by atoms with Gasteiger partial charge in [-0.05, 0) is 36.2 Å². The maximum absolute atomic E-state index is 6.01. The summed E-state index contributed by atoms with van der Waals surface area (Å²) in [5.41, 5.74) is 4.32. The van der Waals surface area contributed by atoms with Gasteiger partial charge in [0, 0.05) is 50.1 Å². The van der Waals surface area contributed by atoms with Crippen molar-refractivity contribution in [1.29, 1.82) is 0 Å². The van der Waals surface area contributed by atoms with Gasteiger partial charge in [-0.25, -0.2) is 0 Å². The lowest BCUT2D eigenvalue weighted by Gasteiger charge is -2.22. The molecule has 136 valence electrons. The zero-order chi connectivity index (χ0) is 18.2. The van der Waals surface area contributed by atoms with Crippen LogP contribution in [0.25, 0.3) is 11.3 Å². The Morgan fingerprint density at radius 3 is 2.69 bits per heavy atom. The number of benzene rings is 1. The smallest absolute Gasteiger partial charge is 0.0695 e. The normalized spacial score (nSPS) is 11.2. The van der Waals surface area contributed by atoms with Gasteiger partial charge in [0.15, 0.2) is 0 Å². The second kappa shape index (κ2) is 9.48. The molecule has 0 atom stereocenters. The highest BCUT2D eigenvalue weighted by molar-refractivity contribution is 6.30. The molecule has 0 unspecified atom stereocenters. The number of pyridine rings is 1. The van der Waals surface area contributed by atoms with E-state index in [-0.39, 0.29) is 0 Å². The number of nitrogens with zero attached hydrogens (tertiary/aromatic N) is 3. The van der Waals surface area contributed by atoms with Crippen molar-refractivity contribution in [2.24, 2.45) is 0 Å². The quantitative estimate of drug-likeness (QED) is 0.574. The average molecular weight is 371 g/mol. The van der Waals surface area contributed by atoms with Crippen LogP contribution in [-0.2, 0) is 17.8 Å². The number of rotatable bonds is 9. The Hall–Kier alpha value is -2.21. The van der Waals surface area contributed by atoms with Crippen LogP contribution in [0.3, 0.4) is 0 Å². The van der Waals surface area contributed by atoms with Gasteiger partial charge in [-0.3, -0.25) is 15.0 Å². The molecule has 5 nitrogen and oxygen atoms in total. The Bertz CT molecular complexity index is 789. The molecule has 0 spiro atoms. The molecule has 1 N–H and O–H groups in total. The van der Waals surface area contributed by atoms with Crippen LogP contribution >= 0.6 is 11.6 Å². The van der Waals surface area contributed by atoms with E-state index >= 15 is 0 Å². The van der Waals surface area contributed by atoms with Crippen LogP contribution in [-0.4, -0.2) is 40.3 Å². The van der Waals surface area contributed by atoms with Crippen molar-refractivity contribution < 1.29 is 4.74 Å². The first kappa shape index (κ1) is 18.6. The van der Waals surface area contributed by atoms with E-state index in [4.69, 9.17) is 16.3 Å². The maximum Gasteiger partial charge on any atom is 0.0695 e. The van der Waals surface area contributed by atoms with E-state index in [1.54, 1.807) is 7.11 Å². The number of halogens is 1. The predicted octanol–water partition coefficient (Wildman–Crippen LogP) is 4.16. The fourth-order valence-electron chi connectivity index (χ4n) is 2.91. The zero-order valence-electron chi connectivity index (χ0n) is 14.9. The molecule has 2 aromatic heterocycles. The molecule has 0 radical (unpaired) electrons. The summed E-state index contributed by atoms with van der Waals surface area (Å²) >= 11 is 6.01. The topological polar surface area (TPSA) is 54.0 Å². The van der Waals surface area contributed by atoms with Gasteiger partial charge >= 0.3 is 0 Å². The molecular formula is C20H23ClN4O. The number of aromatic amines is 1. The van der Waals surface area contributed by atoms with Crippen LogP contribution in [0.1, 0.15) is 17.7 Å². The molecule has 0 amide bonds. The molecule has 0 aliphatic carbocycles. The minimum absolute atomic E-state index is 0.728. The zero-order valence-corrected chi connectivity index (χ0v) is 15.6. The number of ether oxygens (including phenoxy) is 1. The average Bonchev–Trinajstić information content (AvgIpc) is 3.11. The Balaban J connectivity index is 1.76. The molecule has 0 saturated heterocycles. The summed E-state index contributed by atoms with van der Waals surface area (Å²) in [6.45, 7) is 3.24. The number of methoxy groups -OCH3 is 1. The van der Waals surface area contributed by atoms with Crippen molar-refractivity contribution in [3.8, 4) is 11.3 Å². The molecule has 2 heterocycles. The molecule has 3 rings (SSSR count). The number of hydrogen-bond donors (Lipinski definition) is 1. The third kappa shape index (κ3) is 5.14. The lowest BCUT2D eigenvalue weighted by molar-refractivity contribution is 0.166. The van der Waals surface area contributed by atoms with Crippen LogP contribution in [0.5, 0.6) is 0 Å². The first-order valence-electron chi connectivity index (χ1n) is 8.65. The van der Waals surface area contributed by atoms with Gasteiger partial charge < -0.3 is 4.74 Å². The third-order valence-corrected chi connectivity index (χ3v) is 4.43. The predicted molar refractivity (Wildman–Crippen MR) is 104 cm³/mol. The van der Waals surface area contributed by atoms with E-state index in [1.807, 2.05) is 48.8 Å². The van der Waals surface area contributed by atoms with Gasteiger partial charge in [-0.15, -0.1) is 0 Å². The van der Waals surface area contributed by atoms with Gasteiger partial charge in [0.1, 0.15) is 0 Å². The fourth-order valence-corrected chi connectivity index (χ4v) is 3.03. The van der Waals surface area contributed by atoms with Gasteiger partial charge in [0.2, 0.25) is 0 Å². The van der Waals surface area contributed by atoms with Crippen molar-refractivity contribution >= 4 is 11.6 Å². The number of H-pyrrole nitrogens is 1. The monoisotopic (exact) mass is 370 g/mol. The first-order valence-corrected chi connectivity index (χ1v) is 9.03. The van der Waals surface area contributed by atoms with Crippen LogP contribution < -0.4 is 0 Å². The first-order chi connectivity index (χ1) is 12.8. The molecule has 6 heteroatoms. The Labute approximate surface area is 159 Å². The fraction of sp³-hybridized carbons (Fsp3) is 0.300. The molecule has 0 aliphatic heterocycles. The van der Waals surface area contributed by atoms with E-state index in [9.17, 15) is 0 Å². The van der Waals surface area contributed by atoms with E-state index < -0.39 is 0 Å². The molecule has 26 heavy (non-hydrogen) atoms. The molecule has 0 fully saturated rings. The Kier molecular flexibility index (Phi) is 6.77. The van der Waals surface area contributed by atoms with E-state index in [1.165, 1.54) is 0 Å². The van der Waals surface area contributed by atoms with Crippen LogP contribution in [0.15, 0.2) is 54.9 Å². The molecule has 0 aliphatic rings. The summed E-state index contributed by atoms with van der Waals surface area (Å²) in [6.07, 6.45) is 4.70. The minimum Gasteiger partial charge on any atom is -0.385 e. The molecular weight excluding hydrogens is 348 g/mol. The summed E-state index contributed by atoms with van der Waals surface area (Å²) in [6, 6.07) is 13.8. The SMILES string of the molecule is COCCCN(Cc1ccccn1)Cc1cn[nH]c1-c1ccc(Cl)cc1. The molecule has 0 saturated carbocycles. The van der Waals surface area contributed by atoms with Crippen molar-refractivity contribution in [1.82, 2.24) is 20.1 Å². The maximum atomic E-state index is 6.01. The van der Waals surface area contributed by atoms with E-state index in [2.05, 4.69) is 26.1 Å². The van der Waals surface area contributed by atoms with Gasteiger partial charge in [-0.2, -0.15) is 5.10 Å². The van der Waals surface area contributed by atoms with Crippen LogP contribution in [0.4, 0.5) is 0 Å². The summed E-state index contributed by atoms with van der Waals surface area (Å²) in [4.78, 5) is 6.82. The standard InChI is InChI=1S/C20H23ClN4O/c1-26-12-4-11-25(15-19-5-2-3-10-22-19)14-17-13-23-24-20(17)16-6-8-18(21)9-7-16/h2-3,5-10,13H,4,11-12,14-15H2,1H3,(H,23,24). The van der Waals surface area contributed by atoms with Gasteiger partial charge in [0.25, 0.3) is 0 Å². The van der Waals surface area contributed by atoms with E-state index in [0.29, 0.717) is 0 Å². The number of aromatic nitrogens is 3. The van der Waals surface area contributed by atoms with Crippen molar-refractivity contribution in [3.05, 3.63) is 71.1 Å². The number of hydrogen-bond acceptors (Lipinski definition) is 4. The summed E-state index contributed by atoms with van der Waals surface area (Å²) in [7, 11) is 1.73. The molecule has 1 aromatic carbocycles. The van der Waals surface area contributed by atoms with Crippen LogP contribution in [0, 0.1) is 0 Å². The highest BCUT2D eigenvalue weighted by atomic mass is 35.5. The highest BCUT2D eigenvalue weighted by Crippen LogP contribution is 2.24. The van der Waals surface area contributed by atoms with Crippen molar-refractivity contribution in [2.45, 2.75) is 19.5 Å². The van der Waals surface area contributed by atoms with E-state index in [0.717, 1.165) is 60.2 Å². The molecule has 3 aromatic rings. The number of nitrogens with one attached hydrogen (secondary N) is 1.